The molecule has 14 heavy (non-hydrogen) atoms. The highest BCUT2D eigenvalue weighted by Gasteiger charge is 2.08. The second kappa shape index (κ2) is 4.00. The van der Waals surface area contributed by atoms with Crippen LogP contribution in [0.25, 0.3) is 11.0 Å². The number of rotatable bonds is 3. The van der Waals surface area contributed by atoms with Gasteiger partial charge in [-0.15, -0.1) is 0 Å². The summed E-state index contributed by atoms with van der Waals surface area (Å²) in [5.74, 6) is 0. The Kier molecular flexibility index (Phi) is 2.72. The molecule has 1 aromatic heterocycles. The van der Waals surface area contributed by atoms with Gasteiger partial charge in [-0.1, -0.05) is 12.1 Å². The zero-order valence-electron chi connectivity index (χ0n) is 7.55. The van der Waals surface area contributed by atoms with Crippen LogP contribution in [0.2, 0.25) is 0 Å². The first-order valence-electron chi connectivity index (χ1n) is 4.38. The van der Waals surface area contributed by atoms with Crippen LogP contribution in [-0.2, 0) is 6.42 Å². The first-order chi connectivity index (χ1) is 6.81. The summed E-state index contributed by atoms with van der Waals surface area (Å²) < 4.78 is 8.34. The maximum atomic E-state index is 8.86. The molecule has 0 radical (unpaired) electrons. The van der Waals surface area contributed by atoms with Crippen LogP contribution in [0, 0.1) is 0 Å². The minimum absolute atomic E-state index is 0.00600. The average Bonchev–Trinajstić information content (AvgIpc) is 2.66. The molecule has 0 aliphatic rings. The molecule has 0 aliphatic carbocycles. The Hall–Kier alpha value is -1.04. The van der Waals surface area contributed by atoms with E-state index in [-0.39, 0.29) is 12.6 Å². The average molecular weight is 209 g/mol. The minimum Gasteiger partial charge on any atom is -0.395 e. The third-order valence-corrected chi connectivity index (χ3v) is 2.63. The van der Waals surface area contributed by atoms with Gasteiger partial charge in [0.2, 0.25) is 0 Å². The van der Waals surface area contributed by atoms with Crippen LogP contribution in [-0.4, -0.2) is 26.5 Å². The van der Waals surface area contributed by atoms with Gasteiger partial charge in [0, 0.05) is 6.04 Å². The molecule has 5 heteroatoms. The van der Waals surface area contributed by atoms with Crippen molar-refractivity contribution >= 4 is 22.8 Å². The predicted octanol–water partition coefficient (Wildman–Crippen LogP) is 0.553. The normalized spacial score (nSPS) is 13.3. The number of aliphatic hydroxyl groups excluding tert-OH is 1. The van der Waals surface area contributed by atoms with Crippen molar-refractivity contribution in [2.75, 3.05) is 6.61 Å². The largest absolute Gasteiger partial charge is 0.395 e. The van der Waals surface area contributed by atoms with Crippen LogP contribution < -0.4 is 5.73 Å². The van der Waals surface area contributed by atoms with Gasteiger partial charge >= 0.3 is 0 Å². The van der Waals surface area contributed by atoms with Gasteiger partial charge in [0.05, 0.1) is 18.3 Å². The summed E-state index contributed by atoms with van der Waals surface area (Å²) in [6.07, 6.45) is 0.638. The highest BCUT2D eigenvalue weighted by molar-refractivity contribution is 7.00. The van der Waals surface area contributed by atoms with Crippen LogP contribution in [0.4, 0.5) is 0 Å². The predicted molar refractivity (Wildman–Crippen MR) is 56.2 cm³/mol. The first kappa shape index (κ1) is 9.51. The molecule has 0 saturated carbocycles. The van der Waals surface area contributed by atoms with Gasteiger partial charge in [-0.2, -0.15) is 8.75 Å². The van der Waals surface area contributed by atoms with Gasteiger partial charge in [-0.3, -0.25) is 0 Å². The fourth-order valence-electron chi connectivity index (χ4n) is 1.37. The van der Waals surface area contributed by atoms with Gasteiger partial charge in [-0.25, -0.2) is 0 Å². The number of nitrogens with zero attached hydrogens (tertiary/aromatic N) is 2. The summed E-state index contributed by atoms with van der Waals surface area (Å²) in [6.45, 7) is -0.00600. The van der Waals surface area contributed by atoms with Crippen molar-refractivity contribution in [3.8, 4) is 0 Å². The standard InChI is InChI=1S/C9H11N3OS/c10-7(5-13)4-6-2-1-3-8-9(6)12-14-11-8/h1-3,7,13H,4-5,10H2. The van der Waals surface area contributed by atoms with Gasteiger partial charge in [0.15, 0.2) is 0 Å². The lowest BCUT2D eigenvalue weighted by atomic mass is 10.1. The molecule has 0 bridgehead atoms. The highest BCUT2D eigenvalue weighted by Crippen LogP contribution is 2.17. The Labute approximate surface area is 85.7 Å². The van der Waals surface area contributed by atoms with E-state index in [0.717, 1.165) is 16.6 Å². The van der Waals surface area contributed by atoms with Crippen LogP contribution >= 0.6 is 11.7 Å². The molecule has 1 heterocycles. The molecular weight excluding hydrogens is 198 g/mol. The number of hydrogen-bond donors (Lipinski definition) is 2. The van der Waals surface area contributed by atoms with Crippen molar-refractivity contribution in [3.63, 3.8) is 0 Å². The number of fused-ring (bicyclic) bond motifs is 1. The van der Waals surface area contributed by atoms with Gasteiger partial charge < -0.3 is 10.8 Å². The van der Waals surface area contributed by atoms with E-state index in [2.05, 4.69) is 8.75 Å². The molecule has 2 aromatic rings. The van der Waals surface area contributed by atoms with Crippen LogP contribution in [0.15, 0.2) is 18.2 Å². The quantitative estimate of drug-likeness (QED) is 0.774. The molecule has 1 atom stereocenters. The van der Waals surface area contributed by atoms with E-state index in [1.807, 2.05) is 18.2 Å². The number of aliphatic hydroxyl groups is 1. The third-order valence-electron chi connectivity index (χ3n) is 2.09. The molecule has 2 rings (SSSR count). The summed E-state index contributed by atoms with van der Waals surface area (Å²) in [6, 6.07) is 5.61. The highest BCUT2D eigenvalue weighted by atomic mass is 32.1. The van der Waals surface area contributed by atoms with Crippen molar-refractivity contribution in [3.05, 3.63) is 23.8 Å². The smallest absolute Gasteiger partial charge is 0.108 e. The fraction of sp³-hybridized carbons (Fsp3) is 0.333. The van der Waals surface area contributed by atoms with E-state index in [1.54, 1.807) is 0 Å². The second-order valence-corrected chi connectivity index (χ2v) is 3.72. The lowest BCUT2D eigenvalue weighted by molar-refractivity contribution is 0.265. The Morgan fingerprint density at radius 3 is 3.07 bits per heavy atom. The molecule has 0 fully saturated rings. The molecule has 0 saturated heterocycles. The Bertz CT molecular complexity index is 429. The molecular formula is C9H11N3OS. The minimum atomic E-state index is -0.220. The Morgan fingerprint density at radius 2 is 2.29 bits per heavy atom. The molecule has 3 N–H and O–H groups in total. The van der Waals surface area contributed by atoms with Crippen molar-refractivity contribution in [2.45, 2.75) is 12.5 Å². The zero-order chi connectivity index (χ0) is 9.97. The van der Waals surface area contributed by atoms with Gasteiger partial charge in [0.1, 0.15) is 11.0 Å². The summed E-state index contributed by atoms with van der Waals surface area (Å²) in [4.78, 5) is 0. The van der Waals surface area contributed by atoms with Crippen LogP contribution in [0.5, 0.6) is 0 Å². The SMILES string of the molecule is NC(CO)Cc1cccc2nsnc12. The van der Waals surface area contributed by atoms with E-state index in [1.165, 1.54) is 11.7 Å². The molecule has 0 amide bonds. The molecule has 1 unspecified atom stereocenters. The van der Waals surface area contributed by atoms with E-state index < -0.39 is 0 Å². The maximum Gasteiger partial charge on any atom is 0.108 e. The van der Waals surface area contributed by atoms with E-state index in [9.17, 15) is 0 Å². The van der Waals surface area contributed by atoms with Crippen molar-refractivity contribution < 1.29 is 5.11 Å². The van der Waals surface area contributed by atoms with Gasteiger partial charge in [0.25, 0.3) is 0 Å². The van der Waals surface area contributed by atoms with Crippen LogP contribution in [0.3, 0.4) is 0 Å². The zero-order valence-corrected chi connectivity index (χ0v) is 8.37. The van der Waals surface area contributed by atoms with Crippen molar-refractivity contribution in [2.24, 2.45) is 5.73 Å². The monoisotopic (exact) mass is 209 g/mol. The molecule has 74 valence electrons. The summed E-state index contributed by atoms with van der Waals surface area (Å²) in [7, 11) is 0. The van der Waals surface area contributed by atoms with E-state index >= 15 is 0 Å². The summed E-state index contributed by atoms with van der Waals surface area (Å²) in [5.41, 5.74) is 8.53. The molecule has 4 nitrogen and oxygen atoms in total. The number of nitrogens with two attached hydrogens (primary N) is 1. The van der Waals surface area contributed by atoms with E-state index in [0.29, 0.717) is 6.42 Å². The fourth-order valence-corrected chi connectivity index (χ4v) is 1.94. The second-order valence-electron chi connectivity index (χ2n) is 3.20. The maximum absolute atomic E-state index is 8.86. The summed E-state index contributed by atoms with van der Waals surface area (Å²) >= 11 is 1.20. The lowest BCUT2D eigenvalue weighted by Gasteiger charge is -2.07. The van der Waals surface area contributed by atoms with E-state index in [4.69, 9.17) is 10.8 Å². The van der Waals surface area contributed by atoms with Crippen molar-refractivity contribution in [1.29, 1.82) is 0 Å². The van der Waals surface area contributed by atoms with Crippen molar-refractivity contribution in [1.82, 2.24) is 8.75 Å². The molecule has 1 aromatic carbocycles. The van der Waals surface area contributed by atoms with Gasteiger partial charge in [-0.05, 0) is 18.1 Å². The molecule has 0 spiro atoms. The first-order valence-corrected chi connectivity index (χ1v) is 5.11. The Balaban J connectivity index is 2.36. The number of aromatic nitrogens is 2. The summed E-state index contributed by atoms with van der Waals surface area (Å²) in [5, 5.41) is 8.86. The Morgan fingerprint density at radius 1 is 1.43 bits per heavy atom. The lowest BCUT2D eigenvalue weighted by Crippen LogP contribution is -2.26. The van der Waals surface area contributed by atoms with Crippen LogP contribution in [0.1, 0.15) is 5.56 Å². The third kappa shape index (κ3) is 1.75. The topological polar surface area (TPSA) is 72.0 Å². The number of hydrogen-bond acceptors (Lipinski definition) is 5. The molecule has 0 aliphatic heterocycles. The number of benzene rings is 1.